The molecule has 138 valence electrons. The summed E-state index contributed by atoms with van der Waals surface area (Å²) in [5, 5.41) is 2.08. The summed E-state index contributed by atoms with van der Waals surface area (Å²) in [5.74, 6) is 0.815. The number of allylic oxidation sites excluding steroid dienone is 1. The third kappa shape index (κ3) is 4.37. The Hall–Kier alpha value is -3.07. The summed E-state index contributed by atoms with van der Waals surface area (Å²) in [4.78, 5) is 14.8. The van der Waals surface area contributed by atoms with Crippen molar-refractivity contribution >= 4 is 28.3 Å². The van der Waals surface area contributed by atoms with Crippen LogP contribution < -0.4 is 9.64 Å². The first-order chi connectivity index (χ1) is 13.1. The molecule has 3 aromatic rings. The zero-order valence-corrected chi connectivity index (χ0v) is 16.1. The van der Waals surface area contributed by atoms with Crippen LogP contribution >= 0.6 is 0 Å². The number of rotatable bonds is 7. The van der Waals surface area contributed by atoms with Gasteiger partial charge in [0.05, 0.1) is 7.11 Å². The zero-order chi connectivity index (χ0) is 19.2. The molecule has 3 heteroatoms. The van der Waals surface area contributed by atoms with E-state index < -0.39 is 0 Å². The van der Waals surface area contributed by atoms with Crippen molar-refractivity contribution in [3.8, 4) is 5.75 Å². The number of fused-ring (bicyclic) bond motifs is 1. The quantitative estimate of drug-likeness (QED) is 0.407. The SMILES string of the molecule is CCN(CC)c1ccc(/C=C/C(=O)c2ccc3cc(OC)ccc3c2)cc1. The van der Waals surface area contributed by atoms with Crippen molar-refractivity contribution in [3.63, 3.8) is 0 Å². The van der Waals surface area contributed by atoms with Crippen LogP contribution in [0.25, 0.3) is 16.8 Å². The largest absolute Gasteiger partial charge is 0.497 e. The predicted molar refractivity (Wildman–Crippen MR) is 114 cm³/mol. The molecule has 3 rings (SSSR count). The number of carbonyl (C=O) groups is 1. The van der Waals surface area contributed by atoms with Gasteiger partial charge in [0, 0.05) is 24.3 Å². The van der Waals surface area contributed by atoms with Gasteiger partial charge in [-0.2, -0.15) is 0 Å². The Labute approximate surface area is 160 Å². The van der Waals surface area contributed by atoms with Crippen molar-refractivity contribution in [1.29, 1.82) is 0 Å². The first kappa shape index (κ1) is 18.7. The van der Waals surface area contributed by atoms with Crippen LogP contribution in [0, 0.1) is 0 Å². The van der Waals surface area contributed by atoms with Crippen molar-refractivity contribution < 1.29 is 9.53 Å². The van der Waals surface area contributed by atoms with Crippen molar-refractivity contribution in [3.05, 3.63) is 77.9 Å². The molecule has 0 amide bonds. The number of methoxy groups -OCH3 is 1. The van der Waals surface area contributed by atoms with Crippen LogP contribution in [0.4, 0.5) is 5.69 Å². The van der Waals surface area contributed by atoms with E-state index in [1.165, 1.54) is 5.69 Å². The second kappa shape index (κ2) is 8.54. The molecule has 0 heterocycles. The van der Waals surface area contributed by atoms with Crippen molar-refractivity contribution in [2.24, 2.45) is 0 Å². The summed E-state index contributed by atoms with van der Waals surface area (Å²) >= 11 is 0. The number of ether oxygens (including phenoxy) is 1. The van der Waals surface area contributed by atoms with Crippen molar-refractivity contribution in [2.75, 3.05) is 25.1 Å². The minimum Gasteiger partial charge on any atom is -0.497 e. The highest BCUT2D eigenvalue weighted by atomic mass is 16.5. The molecule has 0 fully saturated rings. The molecular weight excluding hydrogens is 334 g/mol. The van der Waals surface area contributed by atoms with E-state index in [0.717, 1.165) is 35.2 Å². The average Bonchev–Trinajstić information content (AvgIpc) is 2.73. The summed E-state index contributed by atoms with van der Waals surface area (Å²) < 4.78 is 5.24. The van der Waals surface area contributed by atoms with Crippen molar-refractivity contribution in [1.82, 2.24) is 0 Å². The minimum absolute atomic E-state index is 0.000498. The predicted octanol–water partition coefficient (Wildman–Crippen LogP) is 5.59. The summed E-state index contributed by atoms with van der Waals surface area (Å²) in [6.45, 7) is 6.27. The van der Waals surface area contributed by atoms with Crippen LogP contribution in [-0.2, 0) is 0 Å². The van der Waals surface area contributed by atoms with Crippen LogP contribution in [0.5, 0.6) is 5.75 Å². The Morgan fingerprint density at radius 1 is 0.926 bits per heavy atom. The maximum absolute atomic E-state index is 12.5. The molecule has 0 aliphatic carbocycles. The van der Waals surface area contributed by atoms with E-state index in [1.54, 1.807) is 13.2 Å². The zero-order valence-electron chi connectivity index (χ0n) is 16.1. The highest BCUT2D eigenvalue weighted by Crippen LogP contribution is 2.22. The van der Waals surface area contributed by atoms with Gasteiger partial charge in [0.1, 0.15) is 5.75 Å². The molecule has 0 unspecified atom stereocenters. The number of hydrogen-bond donors (Lipinski definition) is 0. The van der Waals surface area contributed by atoms with Gasteiger partial charge in [-0.15, -0.1) is 0 Å². The van der Waals surface area contributed by atoms with Gasteiger partial charge < -0.3 is 9.64 Å². The maximum atomic E-state index is 12.5. The number of carbonyl (C=O) groups excluding carboxylic acids is 1. The van der Waals surface area contributed by atoms with Crippen LogP contribution in [-0.4, -0.2) is 26.0 Å². The molecule has 0 saturated heterocycles. The highest BCUT2D eigenvalue weighted by Gasteiger charge is 2.05. The van der Waals surface area contributed by atoms with E-state index in [2.05, 4.69) is 30.9 Å². The molecular formula is C24H25NO2. The first-order valence-electron chi connectivity index (χ1n) is 9.29. The van der Waals surface area contributed by atoms with Gasteiger partial charge in [-0.3, -0.25) is 4.79 Å². The molecule has 0 aliphatic rings. The van der Waals surface area contributed by atoms with Gasteiger partial charge in [-0.05, 0) is 66.6 Å². The lowest BCUT2D eigenvalue weighted by molar-refractivity contribution is 0.104. The average molecular weight is 359 g/mol. The topological polar surface area (TPSA) is 29.5 Å². The normalized spacial score (nSPS) is 11.1. The van der Waals surface area contributed by atoms with E-state index in [1.807, 2.05) is 54.6 Å². The molecule has 3 nitrogen and oxygen atoms in total. The molecule has 3 aromatic carbocycles. The molecule has 0 radical (unpaired) electrons. The van der Waals surface area contributed by atoms with E-state index in [-0.39, 0.29) is 5.78 Å². The van der Waals surface area contributed by atoms with Gasteiger partial charge in [-0.25, -0.2) is 0 Å². The Morgan fingerprint density at radius 3 is 2.26 bits per heavy atom. The third-order valence-electron chi connectivity index (χ3n) is 4.78. The molecule has 27 heavy (non-hydrogen) atoms. The van der Waals surface area contributed by atoms with E-state index in [0.29, 0.717) is 5.56 Å². The monoisotopic (exact) mass is 359 g/mol. The minimum atomic E-state index is 0.000498. The van der Waals surface area contributed by atoms with Crippen LogP contribution in [0.1, 0.15) is 29.8 Å². The first-order valence-corrected chi connectivity index (χ1v) is 9.29. The lowest BCUT2D eigenvalue weighted by Gasteiger charge is -2.20. The third-order valence-corrected chi connectivity index (χ3v) is 4.78. The molecule has 0 atom stereocenters. The fourth-order valence-electron chi connectivity index (χ4n) is 3.16. The second-order valence-corrected chi connectivity index (χ2v) is 6.39. The molecule has 0 bridgehead atoms. The summed E-state index contributed by atoms with van der Waals surface area (Å²) in [6.07, 6.45) is 3.50. The number of hydrogen-bond acceptors (Lipinski definition) is 3. The standard InChI is InChI=1S/C24H25NO2/c1-4-25(5-2)22-12-6-18(7-13-22)8-15-24(26)21-10-9-20-17-23(27-3)14-11-19(20)16-21/h6-17H,4-5H2,1-3H3/b15-8+. The Morgan fingerprint density at radius 2 is 1.59 bits per heavy atom. The summed E-state index contributed by atoms with van der Waals surface area (Å²) in [7, 11) is 1.65. The van der Waals surface area contributed by atoms with Gasteiger partial charge in [0.2, 0.25) is 0 Å². The van der Waals surface area contributed by atoms with E-state index >= 15 is 0 Å². The second-order valence-electron chi connectivity index (χ2n) is 6.39. The summed E-state index contributed by atoms with van der Waals surface area (Å²) in [6, 6.07) is 19.9. The lowest BCUT2D eigenvalue weighted by atomic mass is 10.0. The molecule has 0 N–H and O–H groups in total. The fourth-order valence-corrected chi connectivity index (χ4v) is 3.16. The van der Waals surface area contributed by atoms with Crippen LogP contribution in [0.3, 0.4) is 0 Å². The van der Waals surface area contributed by atoms with Crippen molar-refractivity contribution in [2.45, 2.75) is 13.8 Å². The number of nitrogens with zero attached hydrogens (tertiary/aromatic N) is 1. The Balaban J connectivity index is 1.75. The number of benzene rings is 3. The summed E-state index contributed by atoms with van der Waals surface area (Å²) in [5.41, 5.74) is 2.90. The number of anilines is 1. The van der Waals surface area contributed by atoms with Crippen LogP contribution in [0.2, 0.25) is 0 Å². The van der Waals surface area contributed by atoms with Gasteiger partial charge in [0.15, 0.2) is 5.78 Å². The number of ketones is 1. The Kier molecular flexibility index (Phi) is 5.92. The van der Waals surface area contributed by atoms with Crippen LogP contribution in [0.15, 0.2) is 66.7 Å². The van der Waals surface area contributed by atoms with Gasteiger partial charge in [-0.1, -0.05) is 36.4 Å². The molecule has 0 saturated carbocycles. The molecule has 0 aromatic heterocycles. The maximum Gasteiger partial charge on any atom is 0.185 e. The molecule has 0 aliphatic heterocycles. The van der Waals surface area contributed by atoms with E-state index in [9.17, 15) is 4.79 Å². The highest BCUT2D eigenvalue weighted by molar-refractivity contribution is 6.08. The van der Waals surface area contributed by atoms with Gasteiger partial charge >= 0.3 is 0 Å². The van der Waals surface area contributed by atoms with E-state index in [4.69, 9.17) is 4.74 Å². The smallest absolute Gasteiger partial charge is 0.185 e. The van der Waals surface area contributed by atoms with Gasteiger partial charge in [0.25, 0.3) is 0 Å². The lowest BCUT2D eigenvalue weighted by Crippen LogP contribution is -2.21. The fraction of sp³-hybridized carbons (Fsp3) is 0.208. The molecule has 0 spiro atoms. The Bertz CT molecular complexity index is 954.